The van der Waals surface area contributed by atoms with Gasteiger partial charge < -0.3 is 0 Å². The second-order valence-corrected chi connectivity index (χ2v) is 5.87. The molecule has 1 aromatic rings. The maximum Gasteiger partial charge on any atom is 0.246 e. The Hall–Kier alpha value is -0.880. The molecule has 98 valence electrons. The molecule has 0 saturated carbocycles. The van der Waals surface area contributed by atoms with E-state index in [-0.39, 0.29) is 0 Å². The van der Waals surface area contributed by atoms with Gasteiger partial charge in [0.05, 0.1) is 6.20 Å². The monoisotopic (exact) mass is 259 g/mol. The number of hydrogen-bond acceptors (Lipinski definition) is 3. The van der Waals surface area contributed by atoms with Gasteiger partial charge in [-0.3, -0.25) is 4.68 Å². The molecule has 0 aliphatic rings. The summed E-state index contributed by atoms with van der Waals surface area (Å²) in [6.45, 7) is 7.69. The van der Waals surface area contributed by atoms with Crippen LogP contribution in [-0.2, 0) is 16.6 Å². The lowest BCUT2D eigenvalue weighted by Crippen LogP contribution is -2.32. The Morgan fingerprint density at radius 3 is 2.24 bits per heavy atom. The third kappa shape index (κ3) is 3.29. The number of aryl methyl sites for hydroxylation is 1. The Kier molecular flexibility index (Phi) is 5.14. The van der Waals surface area contributed by atoms with Crippen molar-refractivity contribution in [1.29, 1.82) is 0 Å². The molecule has 0 saturated heterocycles. The molecule has 17 heavy (non-hydrogen) atoms. The number of nitrogens with zero attached hydrogens (tertiary/aromatic N) is 3. The van der Waals surface area contributed by atoms with E-state index >= 15 is 0 Å². The third-order valence-corrected chi connectivity index (χ3v) is 4.37. The molecule has 0 spiro atoms. The van der Waals surface area contributed by atoms with E-state index in [1.807, 2.05) is 20.8 Å². The van der Waals surface area contributed by atoms with Crippen LogP contribution >= 0.6 is 0 Å². The first kappa shape index (κ1) is 14.2. The molecule has 1 rings (SSSR count). The van der Waals surface area contributed by atoms with Gasteiger partial charge in [-0.15, -0.1) is 0 Å². The second kappa shape index (κ2) is 6.16. The number of sulfonamides is 1. The smallest absolute Gasteiger partial charge is 0.246 e. The van der Waals surface area contributed by atoms with Gasteiger partial charge in [0, 0.05) is 25.8 Å². The molecule has 6 heteroatoms. The molecule has 0 N–H and O–H groups in total. The number of aromatic nitrogens is 2. The lowest BCUT2D eigenvalue weighted by atomic mass is 10.4. The summed E-state index contributed by atoms with van der Waals surface area (Å²) >= 11 is 0. The van der Waals surface area contributed by atoms with Crippen LogP contribution in [0.1, 0.15) is 33.6 Å². The van der Waals surface area contributed by atoms with Crippen LogP contribution in [0, 0.1) is 0 Å². The fourth-order valence-electron chi connectivity index (χ4n) is 1.65. The zero-order valence-electron chi connectivity index (χ0n) is 10.8. The molecule has 5 nitrogen and oxygen atoms in total. The molecular formula is C11H21N3O2S. The summed E-state index contributed by atoms with van der Waals surface area (Å²) in [5.74, 6) is 0. The highest BCUT2D eigenvalue weighted by molar-refractivity contribution is 7.89. The highest BCUT2D eigenvalue weighted by Crippen LogP contribution is 2.15. The van der Waals surface area contributed by atoms with Crippen molar-refractivity contribution < 1.29 is 8.42 Å². The van der Waals surface area contributed by atoms with Crippen LogP contribution in [0.5, 0.6) is 0 Å². The van der Waals surface area contributed by atoms with Crippen LogP contribution in [0.3, 0.4) is 0 Å². The molecule has 0 atom stereocenters. The van der Waals surface area contributed by atoms with Gasteiger partial charge in [-0.2, -0.15) is 9.40 Å². The molecule has 0 aliphatic heterocycles. The molecule has 0 unspecified atom stereocenters. The van der Waals surface area contributed by atoms with E-state index in [1.165, 1.54) is 10.5 Å². The highest BCUT2D eigenvalue weighted by atomic mass is 32.2. The standard InChI is InChI=1S/C11H21N3O2S/c1-4-7-14(8-5-2)17(15,16)11-9-12-13(6-3)10-11/h9-10H,4-8H2,1-3H3. The lowest BCUT2D eigenvalue weighted by molar-refractivity contribution is 0.410. The SMILES string of the molecule is CCCN(CCC)S(=O)(=O)c1cnn(CC)c1. The van der Waals surface area contributed by atoms with Crippen LogP contribution in [0.2, 0.25) is 0 Å². The molecule has 0 amide bonds. The van der Waals surface area contributed by atoms with Gasteiger partial charge in [0.2, 0.25) is 10.0 Å². The van der Waals surface area contributed by atoms with E-state index in [9.17, 15) is 8.42 Å². The molecular weight excluding hydrogens is 238 g/mol. The molecule has 1 heterocycles. The van der Waals surface area contributed by atoms with Crippen LogP contribution in [-0.4, -0.2) is 35.6 Å². The van der Waals surface area contributed by atoms with E-state index in [4.69, 9.17) is 0 Å². The van der Waals surface area contributed by atoms with Crippen molar-refractivity contribution in [2.45, 2.75) is 45.1 Å². The Bertz CT molecular complexity index is 433. The molecule has 0 fully saturated rings. The zero-order chi connectivity index (χ0) is 12.9. The Morgan fingerprint density at radius 1 is 1.24 bits per heavy atom. The topological polar surface area (TPSA) is 55.2 Å². The number of hydrogen-bond donors (Lipinski definition) is 0. The van der Waals surface area contributed by atoms with E-state index in [0.29, 0.717) is 24.5 Å². The van der Waals surface area contributed by atoms with E-state index in [2.05, 4.69) is 5.10 Å². The van der Waals surface area contributed by atoms with Crippen LogP contribution in [0.15, 0.2) is 17.3 Å². The fraction of sp³-hybridized carbons (Fsp3) is 0.727. The molecule has 0 bridgehead atoms. The van der Waals surface area contributed by atoms with E-state index in [0.717, 1.165) is 12.8 Å². The molecule has 0 radical (unpaired) electrons. The normalized spacial score (nSPS) is 12.2. The van der Waals surface area contributed by atoms with Gasteiger partial charge >= 0.3 is 0 Å². The summed E-state index contributed by atoms with van der Waals surface area (Å²) in [5.41, 5.74) is 0. The Balaban J connectivity index is 2.98. The Morgan fingerprint density at radius 2 is 1.82 bits per heavy atom. The van der Waals surface area contributed by atoms with Gasteiger partial charge in [-0.1, -0.05) is 13.8 Å². The van der Waals surface area contributed by atoms with Gasteiger partial charge in [-0.05, 0) is 19.8 Å². The van der Waals surface area contributed by atoms with Crippen molar-refractivity contribution in [3.8, 4) is 0 Å². The molecule has 0 aliphatic carbocycles. The van der Waals surface area contributed by atoms with Crippen LogP contribution in [0.25, 0.3) is 0 Å². The minimum Gasteiger partial charge on any atom is -0.272 e. The highest BCUT2D eigenvalue weighted by Gasteiger charge is 2.24. The second-order valence-electron chi connectivity index (χ2n) is 3.94. The summed E-state index contributed by atoms with van der Waals surface area (Å²) in [5, 5.41) is 4.01. The maximum absolute atomic E-state index is 12.3. The predicted octanol–water partition coefficient (Wildman–Crippen LogP) is 1.71. The summed E-state index contributed by atoms with van der Waals surface area (Å²) in [6, 6.07) is 0. The minimum atomic E-state index is -3.36. The lowest BCUT2D eigenvalue weighted by Gasteiger charge is -2.19. The summed E-state index contributed by atoms with van der Waals surface area (Å²) < 4.78 is 27.8. The van der Waals surface area contributed by atoms with Crippen molar-refractivity contribution in [1.82, 2.24) is 14.1 Å². The van der Waals surface area contributed by atoms with Crippen molar-refractivity contribution in [3.05, 3.63) is 12.4 Å². The summed E-state index contributed by atoms with van der Waals surface area (Å²) in [4.78, 5) is 0.293. The predicted molar refractivity (Wildman–Crippen MR) is 67.2 cm³/mol. The third-order valence-electron chi connectivity index (χ3n) is 2.52. The van der Waals surface area contributed by atoms with Gasteiger partial charge in [0.25, 0.3) is 0 Å². The average molecular weight is 259 g/mol. The first-order valence-corrected chi connectivity index (χ1v) is 7.52. The van der Waals surface area contributed by atoms with E-state index < -0.39 is 10.0 Å². The minimum absolute atomic E-state index is 0.293. The number of rotatable bonds is 7. The summed E-state index contributed by atoms with van der Waals surface area (Å²) in [7, 11) is -3.36. The van der Waals surface area contributed by atoms with Crippen molar-refractivity contribution in [2.75, 3.05) is 13.1 Å². The van der Waals surface area contributed by atoms with Crippen molar-refractivity contribution in [3.63, 3.8) is 0 Å². The van der Waals surface area contributed by atoms with Gasteiger partial charge in [0.1, 0.15) is 4.90 Å². The van der Waals surface area contributed by atoms with Crippen molar-refractivity contribution in [2.24, 2.45) is 0 Å². The van der Waals surface area contributed by atoms with Crippen LogP contribution < -0.4 is 0 Å². The molecule has 1 aromatic heterocycles. The van der Waals surface area contributed by atoms with Crippen LogP contribution in [0.4, 0.5) is 0 Å². The van der Waals surface area contributed by atoms with Crippen molar-refractivity contribution >= 4 is 10.0 Å². The molecule has 0 aromatic carbocycles. The van der Waals surface area contributed by atoms with E-state index in [1.54, 1.807) is 10.9 Å². The Labute approximate surface area is 103 Å². The quantitative estimate of drug-likeness (QED) is 0.749. The average Bonchev–Trinajstić information content (AvgIpc) is 2.78. The zero-order valence-corrected chi connectivity index (χ0v) is 11.6. The summed E-state index contributed by atoms with van der Waals surface area (Å²) in [6.07, 6.45) is 4.66. The largest absolute Gasteiger partial charge is 0.272 e. The van der Waals surface area contributed by atoms with Gasteiger partial charge in [-0.25, -0.2) is 8.42 Å². The first-order chi connectivity index (χ1) is 8.06. The fourth-order valence-corrected chi connectivity index (χ4v) is 3.23. The first-order valence-electron chi connectivity index (χ1n) is 6.08. The maximum atomic E-state index is 12.3. The van der Waals surface area contributed by atoms with Gasteiger partial charge in [0.15, 0.2) is 0 Å².